The zero-order valence-electron chi connectivity index (χ0n) is 13.2. The molecule has 0 saturated carbocycles. The summed E-state index contributed by atoms with van der Waals surface area (Å²) in [7, 11) is 4.49. The number of esters is 1. The first-order valence-corrected chi connectivity index (χ1v) is 8.27. The van der Waals surface area contributed by atoms with Crippen LogP contribution < -0.4 is 0 Å². The second-order valence-corrected chi connectivity index (χ2v) is 6.57. The molecule has 0 aliphatic heterocycles. The highest BCUT2D eigenvalue weighted by Crippen LogP contribution is 2.31. The average molecular weight is 398 g/mol. The third-order valence-corrected chi connectivity index (χ3v) is 3.01. The Kier molecular flexibility index (Phi) is 29.0. The molecule has 0 aromatic heterocycles. The summed E-state index contributed by atoms with van der Waals surface area (Å²) in [5.74, 6) is 6.43. The Morgan fingerprint density at radius 3 is 1.86 bits per heavy atom. The van der Waals surface area contributed by atoms with Crippen molar-refractivity contribution in [2.45, 2.75) is 31.2 Å². The maximum Gasteiger partial charge on any atom is 0.302 e. The normalized spacial score (nSPS) is 10.2. The quantitative estimate of drug-likeness (QED) is 0.405. The minimum atomic E-state index is -1.30. The average Bonchev–Trinajstić information content (AvgIpc) is 2.43. The van der Waals surface area contributed by atoms with Gasteiger partial charge in [0.25, 0.3) is 0 Å². The highest BCUT2D eigenvalue weighted by molar-refractivity contribution is 7.98. The highest BCUT2D eigenvalue weighted by atomic mass is 35.6. The Balaban J connectivity index is -0.000000111. The van der Waals surface area contributed by atoms with Crippen LogP contribution in [0.4, 0.5) is 0 Å². The minimum Gasteiger partial charge on any atom is -0.469 e. The summed E-state index contributed by atoms with van der Waals surface area (Å²) in [6.45, 7) is 3.60. The Bertz CT molecular complexity index is 289. The lowest BCUT2D eigenvalue weighted by Crippen LogP contribution is -2.23. The van der Waals surface area contributed by atoms with E-state index in [1.807, 2.05) is 6.26 Å². The summed E-state index contributed by atoms with van der Waals surface area (Å²) < 4.78 is 12.2. The number of hydrogen-bond acceptors (Lipinski definition) is 5. The molecule has 1 unspecified atom stereocenters. The molecule has 134 valence electrons. The number of carbonyl (C=O) groups excluding carboxylic acids is 1. The van der Waals surface area contributed by atoms with Crippen LogP contribution in [-0.2, 0) is 19.0 Å². The summed E-state index contributed by atoms with van der Waals surface area (Å²) in [6, 6.07) is 0. The Labute approximate surface area is 154 Å². The van der Waals surface area contributed by atoms with E-state index in [2.05, 4.69) is 16.6 Å². The van der Waals surface area contributed by atoms with Crippen LogP contribution >= 0.6 is 46.6 Å². The van der Waals surface area contributed by atoms with E-state index >= 15 is 0 Å². The number of methoxy groups -OCH3 is 3. The molecule has 0 saturated heterocycles. The zero-order valence-corrected chi connectivity index (χ0v) is 16.3. The molecule has 1 atom stereocenters. The first-order valence-electron chi connectivity index (χ1n) is 5.74. The highest BCUT2D eigenvalue weighted by Gasteiger charge is 2.27. The van der Waals surface area contributed by atoms with E-state index in [0.717, 1.165) is 5.75 Å². The fourth-order valence-corrected chi connectivity index (χ4v) is 0.894. The van der Waals surface area contributed by atoms with Gasteiger partial charge in [-0.15, -0.1) is 0 Å². The fourth-order valence-electron chi connectivity index (χ4n) is 0.380. The maximum absolute atomic E-state index is 9.59. The lowest BCUT2D eigenvalue weighted by atomic mass is 10.5. The van der Waals surface area contributed by atoms with Crippen LogP contribution in [0.1, 0.15) is 21.3 Å². The van der Waals surface area contributed by atoms with E-state index in [-0.39, 0.29) is 19.5 Å². The molecule has 4 nitrogen and oxygen atoms in total. The summed E-state index contributed by atoms with van der Waals surface area (Å²) in [5.41, 5.74) is 0. The van der Waals surface area contributed by atoms with E-state index in [1.54, 1.807) is 25.8 Å². The second kappa shape index (κ2) is 21.2. The zero-order chi connectivity index (χ0) is 17.3. The molecule has 8 heteroatoms. The summed E-state index contributed by atoms with van der Waals surface area (Å²) in [4.78, 5) is 9.59. The largest absolute Gasteiger partial charge is 0.469 e. The molecule has 0 N–H and O–H groups in total. The molecular formula is C14H27Cl3O4S. The van der Waals surface area contributed by atoms with Gasteiger partial charge in [-0.1, -0.05) is 54.1 Å². The van der Waals surface area contributed by atoms with Crippen LogP contribution in [0.15, 0.2) is 0 Å². The van der Waals surface area contributed by atoms with Crippen LogP contribution in [0, 0.1) is 11.8 Å². The Hall–Kier alpha value is 0.170. The number of hydrogen-bond donors (Lipinski definition) is 0. The number of carbonyl (C=O) groups is 1. The van der Waals surface area contributed by atoms with Gasteiger partial charge in [0.2, 0.25) is 3.79 Å². The molecular weight excluding hydrogens is 371 g/mol. The van der Waals surface area contributed by atoms with Gasteiger partial charge in [0.1, 0.15) is 12.7 Å². The van der Waals surface area contributed by atoms with Gasteiger partial charge in [0.05, 0.1) is 12.9 Å². The summed E-state index contributed by atoms with van der Waals surface area (Å²) in [6.07, 6.45) is 1.68. The molecule has 0 spiro atoms. The molecule has 0 aliphatic carbocycles. The molecule has 0 aromatic carbocycles. The van der Waals surface area contributed by atoms with Crippen molar-refractivity contribution < 1.29 is 19.0 Å². The van der Waals surface area contributed by atoms with Gasteiger partial charge in [0.15, 0.2) is 0 Å². The van der Waals surface area contributed by atoms with E-state index < -0.39 is 3.79 Å². The molecule has 22 heavy (non-hydrogen) atoms. The summed E-state index contributed by atoms with van der Waals surface area (Å²) >= 11 is 17.9. The topological polar surface area (TPSA) is 44.8 Å². The molecule has 0 fully saturated rings. The lowest BCUT2D eigenvalue weighted by molar-refractivity contribution is -0.137. The van der Waals surface area contributed by atoms with Crippen LogP contribution in [0.2, 0.25) is 0 Å². The van der Waals surface area contributed by atoms with Gasteiger partial charge in [-0.05, 0) is 13.2 Å². The number of halogens is 3. The first-order chi connectivity index (χ1) is 9.67. The van der Waals surface area contributed by atoms with Crippen LogP contribution in [0.25, 0.3) is 0 Å². The van der Waals surface area contributed by atoms with Crippen molar-refractivity contribution in [3.05, 3.63) is 0 Å². The SMILES string of the molecule is C.COC(C)=O.COC(C)C(Cl)(Cl)Cl.COCC#CCSC. The van der Waals surface area contributed by atoms with E-state index in [9.17, 15) is 4.79 Å². The van der Waals surface area contributed by atoms with Crippen molar-refractivity contribution in [2.75, 3.05) is 39.9 Å². The monoisotopic (exact) mass is 396 g/mol. The van der Waals surface area contributed by atoms with Gasteiger partial charge in [0, 0.05) is 21.1 Å². The van der Waals surface area contributed by atoms with Gasteiger partial charge < -0.3 is 14.2 Å². The molecule has 0 bridgehead atoms. The number of rotatable bonds is 3. The maximum atomic E-state index is 9.59. The number of thioether (sulfide) groups is 1. The van der Waals surface area contributed by atoms with Crippen molar-refractivity contribution in [1.82, 2.24) is 0 Å². The van der Waals surface area contributed by atoms with Gasteiger partial charge in [-0.2, -0.15) is 11.8 Å². The molecule has 0 heterocycles. The van der Waals surface area contributed by atoms with E-state index in [0.29, 0.717) is 6.61 Å². The van der Waals surface area contributed by atoms with Gasteiger partial charge >= 0.3 is 5.97 Å². The van der Waals surface area contributed by atoms with Crippen molar-refractivity contribution in [3.63, 3.8) is 0 Å². The third kappa shape index (κ3) is 32.2. The second-order valence-electron chi connectivity index (χ2n) is 3.33. The van der Waals surface area contributed by atoms with Gasteiger partial charge in [-0.25, -0.2) is 0 Å². The van der Waals surface area contributed by atoms with Crippen molar-refractivity contribution >= 4 is 52.5 Å². The fraction of sp³-hybridized carbons (Fsp3) is 0.786. The van der Waals surface area contributed by atoms with Crippen molar-refractivity contribution in [1.29, 1.82) is 0 Å². The first kappa shape index (κ1) is 30.1. The summed E-state index contributed by atoms with van der Waals surface area (Å²) in [5, 5.41) is 0. The molecule has 0 radical (unpaired) electrons. The molecule has 0 aliphatic rings. The smallest absolute Gasteiger partial charge is 0.302 e. The lowest BCUT2D eigenvalue weighted by Gasteiger charge is -2.17. The molecule has 0 aromatic rings. The van der Waals surface area contributed by atoms with Crippen LogP contribution in [-0.4, -0.2) is 55.8 Å². The van der Waals surface area contributed by atoms with E-state index in [4.69, 9.17) is 44.3 Å². The predicted molar refractivity (Wildman–Crippen MR) is 99.2 cm³/mol. The Morgan fingerprint density at radius 1 is 1.23 bits per heavy atom. The molecule has 0 amide bonds. The number of alkyl halides is 3. The Morgan fingerprint density at radius 2 is 1.68 bits per heavy atom. The minimum absolute atomic E-state index is 0. The molecule has 0 rings (SSSR count). The van der Waals surface area contributed by atoms with Crippen LogP contribution in [0.5, 0.6) is 0 Å². The van der Waals surface area contributed by atoms with E-state index in [1.165, 1.54) is 21.1 Å². The van der Waals surface area contributed by atoms with Gasteiger partial charge in [-0.3, -0.25) is 4.79 Å². The van der Waals surface area contributed by atoms with Crippen LogP contribution in [0.3, 0.4) is 0 Å². The third-order valence-electron chi connectivity index (χ3n) is 1.66. The van der Waals surface area contributed by atoms with Crippen molar-refractivity contribution in [2.24, 2.45) is 0 Å². The standard InChI is InChI=1S/C6H10OS.C4H7Cl3O.C3H6O2.CH4/c1-7-5-3-4-6-8-2;1-3(8-2)4(5,6)7;1-3(4)5-2;/h5-6H2,1-2H3;3H,1-2H3;1-2H3;1H4. The number of ether oxygens (including phenoxy) is 3. The van der Waals surface area contributed by atoms with Crippen molar-refractivity contribution in [3.8, 4) is 11.8 Å². The predicted octanol–water partition coefficient (Wildman–Crippen LogP) is 4.21.